The standard InChI is InChI=1S/C24H34N4O2.HI/c1-4-25-24(26-17-20(3)30-22-10-7-8-19(2)16-22)27-18-21-9-5-6-11-23(21)28-12-14-29-15-13-28;/h5-11,16,20H,4,12-15,17-18H2,1-3H3,(H2,25,26,27);1H. The summed E-state index contributed by atoms with van der Waals surface area (Å²) < 4.78 is 11.5. The number of hydrogen-bond acceptors (Lipinski definition) is 4. The fourth-order valence-corrected chi connectivity index (χ4v) is 3.47. The molecular formula is C24H35IN4O2. The third-order valence-corrected chi connectivity index (χ3v) is 4.98. The van der Waals surface area contributed by atoms with Crippen molar-refractivity contribution in [3.63, 3.8) is 0 Å². The molecule has 1 atom stereocenters. The van der Waals surface area contributed by atoms with E-state index in [0.717, 1.165) is 44.6 Å². The second kappa shape index (κ2) is 13.4. The molecule has 1 fully saturated rings. The molecule has 1 aliphatic rings. The van der Waals surface area contributed by atoms with Gasteiger partial charge in [-0.2, -0.15) is 0 Å². The van der Waals surface area contributed by atoms with Crippen LogP contribution in [0.5, 0.6) is 5.75 Å². The number of aliphatic imine (C=N–C) groups is 1. The molecule has 3 rings (SSSR count). The summed E-state index contributed by atoms with van der Waals surface area (Å²) in [7, 11) is 0. The van der Waals surface area contributed by atoms with Gasteiger partial charge in [-0.15, -0.1) is 24.0 Å². The van der Waals surface area contributed by atoms with Gasteiger partial charge in [0.25, 0.3) is 0 Å². The van der Waals surface area contributed by atoms with Gasteiger partial charge < -0.3 is 25.0 Å². The molecule has 1 saturated heterocycles. The number of nitrogens with one attached hydrogen (secondary N) is 2. The Morgan fingerprint density at radius 3 is 2.65 bits per heavy atom. The van der Waals surface area contributed by atoms with E-state index >= 15 is 0 Å². The Balaban J connectivity index is 0.00000341. The third kappa shape index (κ3) is 8.22. The number of halogens is 1. The van der Waals surface area contributed by atoms with Crippen LogP contribution in [-0.2, 0) is 11.3 Å². The van der Waals surface area contributed by atoms with Gasteiger partial charge in [0.05, 0.1) is 26.3 Å². The Morgan fingerprint density at radius 1 is 1.13 bits per heavy atom. The van der Waals surface area contributed by atoms with E-state index in [4.69, 9.17) is 14.5 Å². The lowest BCUT2D eigenvalue weighted by Crippen LogP contribution is -2.41. The Kier molecular flexibility index (Phi) is 10.9. The number of benzene rings is 2. The number of nitrogens with zero attached hydrogens (tertiary/aromatic N) is 2. The van der Waals surface area contributed by atoms with Gasteiger partial charge in [0, 0.05) is 25.3 Å². The predicted molar refractivity (Wildman–Crippen MR) is 139 cm³/mol. The molecule has 170 valence electrons. The van der Waals surface area contributed by atoms with E-state index in [9.17, 15) is 0 Å². The van der Waals surface area contributed by atoms with Crippen LogP contribution in [0.1, 0.15) is 25.0 Å². The lowest BCUT2D eigenvalue weighted by molar-refractivity contribution is 0.122. The zero-order valence-electron chi connectivity index (χ0n) is 18.8. The van der Waals surface area contributed by atoms with Gasteiger partial charge in [-0.25, -0.2) is 4.99 Å². The monoisotopic (exact) mass is 538 g/mol. The summed E-state index contributed by atoms with van der Waals surface area (Å²) in [5, 5.41) is 6.73. The van der Waals surface area contributed by atoms with Crippen molar-refractivity contribution in [2.24, 2.45) is 4.99 Å². The topological polar surface area (TPSA) is 58.1 Å². The Hall–Kier alpha value is -2.00. The molecule has 0 radical (unpaired) electrons. The highest BCUT2D eigenvalue weighted by Gasteiger charge is 2.14. The van der Waals surface area contributed by atoms with Gasteiger partial charge >= 0.3 is 0 Å². The minimum absolute atomic E-state index is 0. The average molecular weight is 538 g/mol. The summed E-state index contributed by atoms with van der Waals surface area (Å²) in [5.41, 5.74) is 3.67. The van der Waals surface area contributed by atoms with Crippen molar-refractivity contribution in [2.45, 2.75) is 33.4 Å². The molecule has 7 heteroatoms. The van der Waals surface area contributed by atoms with E-state index in [1.54, 1.807) is 0 Å². The number of para-hydroxylation sites is 1. The number of morpholine rings is 1. The maximum absolute atomic E-state index is 6.02. The summed E-state index contributed by atoms with van der Waals surface area (Å²) in [6.07, 6.45) is 0.0243. The van der Waals surface area contributed by atoms with Gasteiger partial charge in [0.15, 0.2) is 5.96 Å². The molecule has 0 spiro atoms. The van der Waals surface area contributed by atoms with Crippen molar-refractivity contribution in [1.29, 1.82) is 0 Å². The lowest BCUT2D eigenvalue weighted by atomic mass is 10.1. The van der Waals surface area contributed by atoms with E-state index in [0.29, 0.717) is 13.1 Å². The van der Waals surface area contributed by atoms with Gasteiger partial charge in [-0.3, -0.25) is 0 Å². The van der Waals surface area contributed by atoms with Crippen molar-refractivity contribution in [1.82, 2.24) is 10.6 Å². The smallest absolute Gasteiger partial charge is 0.191 e. The van der Waals surface area contributed by atoms with Crippen LogP contribution in [0.4, 0.5) is 5.69 Å². The first-order valence-electron chi connectivity index (χ1n) is 10.8. The van der Waals surface area contributed by atoms with E-state index in [-0.39, 0.29) is 30.1 Å². The van der Waals surface area contributed by atoms with Crippen LogP contribution in [0, 0.1) is 6.92 Å². The van der Waals surface area contributed by atoms with Crippen molar-refractivity contribution in [2.75, 3.05) is 44.3 Å². The normalized spacial score (nSPS) is 15.1. The maximum atomic E-state index is 6.02. The molecule has 2 aromatic carbocycles. The minimum atomic E-state index is 0. The zero-order valence-corrected chi connectivity index (χ0v) is 21.1. The first kappa shape index (κ1) is 25.3. The van der Waals surface area contributed by atoms with Gasteiger partial charge in [-0.1, -0.05) is 30.3 Å². The number of hydrogen-bond donors (Lipinski definition) is 2. The van der Waals surface area contributed by atoms with Crippen LogP contribution in [-0.4, -0.2) is 51.5 Å². The molecule has 0 saturated carbocycles. The second-order valence-electron chi connectivity index (χ2n) is 7.55. The SMILES string of the molecule is CCNC(=NCc1ccccc1N1CCOCC1)NCC(C)Oc1cccc(C)c1.I. The zero-order chi connectivity index (χ0) is 21.2. The summed E-state index contributed by atoms with van der Waals surface area (Å²) in [4.78, 5) is 7.19. The van der Waals surface area contributed by atoms with Crippen molar-refractivity contribution in [3.05, 3.63) is 59.7 Å². The number of rotatable bonds is 8. The van der Waals surface area contributed by atoms with Crippen molar-refractivity contribution >= 4 is 35.6 Å². The number of aryl methyl sites for hydroxylation is 1. The van der Waals surface area contributed by atoms with Crippen molar-refractivity contribution in [3.8, 4) is 5.75 Å². The van der Waals surface area contributed by atoms with E-state index in [1.165, 1.54) is 16.8 Å². The molecule has 2 N–H and O–H groups in total. The van der Waals surface area contributed by atoms with Crippen LogP contribution in [0.15, 0.2) is 53.5 Å². The molecule has 0 aromatic heterocycles. The van der Waals surface area contributed by atoms with Crippen LogP contribution in [0.3, 0.4) is 0 Å². The fourth-order valence-electron chi connectivity index (χ4n) is 3.47. The molecule has 1 unspecified atom stereocenters. The lowest BCUT2D eigenvalue weighted by Gasteiger charge is -2.30. The van der Waals surface area contributed by atoms with Crippen LogP contribution < -0.4 is 20.3 Å². The highest BCUT2D eigenvalue weighted by Crippen LogP contribution is 2.22. The molecular weight excluding hydrogens is 503 g/mol. The fraction of sp³-hybridized carbons (Fsp3) is 0.458. The molecule has 1 aliphatic heterocycles. The molecule has 0 amide bonds. The molecule has 1 heterocycles. The van der Waals surface area contributed by atoms with Crippen molar-refractivity contribution < 1.29 is 9.47 Å². The first-order valence-corrected chi connectivity index (χ1v) is 10.8. The molecule has 0 bridgehead atoms. The number of guanidine groups is 1. The Bertz CT molecular complexity index is 825. The largest absolute Gasteiger partial charge is 0.489 e. The van der Waals surface area contributed by atoms with E-state index in [1.807, 2.05) is 12.1 Å². The molecule has 6 nitrogen and oxygen atoms in total. The number of ether oxygens (including phenoxy) is 2. The van der Waals surface area contributed by atoms with Gasteiger partial charge in [0.1, 0.15) is 11.9 Å². The summed E-state index contributed by atoms with van der Waals surface area (Å²) in [5.74, 6) is 1.69. The summed E-state index contributed by atoms with van der Waals surface area (Å²) in [6, 6.07) is 16.6. The molecule has 0 aliphatic carbocycles. The van der Waals surface area contributed by atoms with Gasteiger partial charge in [0.2, 0.25) is 0 Å². The molecule has 31 heavy (non-hydrogen) atoms. The molecule has 2 aromatic rings. The van der Waals surface area contributed by atoms with Crippen LogP contribution in [0.2, 0.25) is 0 Å². The third-order valence-electron chi connectivity index (χ3n) is 4.98. The number of anilines is 1. The van der Waals surface area contributed by atoms with E-state index in [2.05, 4.69) is 72.7 Å². The highest BCUT2D eigenvalue weighted by molar-refractivity contribution is 14.0. The maximum Gasteiger partial charge on any atom is 0.191 e. The summed E-state index contributed by atoms with van der Waals surface area (Å²) in [6.45, 7) is 11.7. The summed E-state index contributed by atoms with van der Waals surface area (Å²) >= 11 is 0. The second-order valence-corrected chi connectivity index (χ2v) is 7.55. The minimum Gasteiger partial charge on any atom is -0.489 e. The van der Waals surface area contributed by atoms with Crippen LogP contribution >= 0.6 is 24.0 Å². The highest BCUT2D eigenvalue weighted by atomic mass is 127. The Labute approximate surface area is 203 Å². The average Bonchev–Trinajstić information content (AvgIpc) is 2.76. The Morgan fingerprint density at radius 2 is 1.90 bits per heavy atom. The predicted octanol–water partition coefficient (Wildman–Crippen LogP) is 3.97. The quantitative estimate of drug-likeness (QED) is 0.303. The van der Waals surface area contributed by atoms with E-state index < -0.39 is 0 Å². The van der Waals surface area contributed by atoms with Crippen LogP contribution in [0.25, 0.3) is 0 Å². The first-order chi connectivity index (χ1) is 14.7. The van der Waals surface area contributed by atoms with Gasteiger partial charge in [-0.05, 0) is 50.1 Å².